The second-order valence-electron chi connectivity index (χ2n) is 3.58. The Hall–Kier alpha value is -0.120. The first-order valence-electron chi connectivity index (χ1n) is 4.60. The standard InChI is InChI=1S/C9H18O3/c1-3-5-12-9(2)4-6-11-8(10)7-9/h8,10H,3-7H2,1-2H3. The third-order valence-corrected chi connectivity index (χ3v) is 2.20. The number of aliphatic hydroxyl groups excluding tert-OH is 1. The molecule has 3 nitrogen and oxygen atoms in total. The Morgan fingerprint density at radius 1 is 1.67 bits per heavy atom. The largest absolute Gasteiger partial charge is 0.375 e. The molecule has 12 heavy (non-hydrogen) atoms. The Balaban J connectivity index is 2.35. The Morgan fingerprint density at radius 2 is 2.42 bits per heavy atom. The van der Waals surface area contributed by atoms with Crippen molar-refractivity contribution in [1.29, 1.82) is 0 Å². The van der Waals surface area contributed by atoms with Crippen molar-refractivity contribution >= 4 is 0 Å². The first-order chi connectivity index (χ1) is 5.66. The lowest BCUT2D eigenvalue weighted by atomic mass is 9.96. The van der Waals surface area contributed by atoms with E-state index in [1.807, 2.05) is 6.92 Å². The highest BCUT2D eigenvalue weighted by Crippen LogP contribution is 2.27. The van der Waals surface area contributed by atoms with Crippen molar-refractivity contribution in [2.24, 2.45) is 0 Å². The minimum Gasteiger partial charge on any atom is -0.375 e. The zero-order valence-electron chi connectivity index (χ0n) is 7.88. The summed E-state index contributed by atoms with van der Waals surface area (Å²) in [6.07, 6.45) is 1.85. The van der Waals surface area contributed by atoms with E-state index in [9.17, 15) is 5.11 Å². The average molecular weight is 174 g/mol. The van der Waals surface area contributed by atoms with Crippen molar-refractivity contribution < 1.29 is 14.6 Å². The summed E-state index contributed by atoms with van der Waals surface area (Å²) in [6, 6.07) is 0. The van der Waals surface area contributed by atoms with Crippen molar-refractivity contribution in [1.82, 2.24) is 0 Å². The lowest BCUT2D eigenvalue weighted by molar-refractivity contribution is -0.196. The monoisotopic (exact) mass is 174 g/mol. The van der Waals surface area contributed by atoms with Gasteiger partial charge in [-0.1, -0.05) is 6.92 Å². The number of rotatable bonds is 3. The van der Waals surface area contributed by atoms with Crippen LogP contribution in [0.4, 0.5) is 0 Å². The van der Waals surface area contributed by atoms with Crippen molar-refractivity contribution in [2.45, 2.75) is 45.0 Å². The van der Waals surface area contributed by atoms with Gasteiger partial charge in [-0.15, -0.1) is 0 Å². The first-order valence-corrected chi connectivity index (χ1v) is 4.60. The Morgan fingerprint density at radius 3 is 3.00 bits per heavy atom. The van der Waals surface area contributed by atoms with Crippen LogP contribution in [0, 0.1) is 0 Å². The van der Waals surface area contributed by atoms with Gasteiger partial charge in [0, 0.05) is 13.0 Å². The van der Waals surface area contributed by atoms with Gasteiger partial charge in [-0.3, -0.25) is 0 Å². The van der Waals surface area contributed by atoms with Crippen LogP contribution in [0.2, 0.25) is 0 Å². The molecule has 1 heterocycles. The minimum absolute atomic E-state index is 0.173. The van der Waals surface area contributed by atoms with Gasteiger partial charge in [0.25, 0.3) is 0 Å². The number of ether oxygens (including phenoxy) is 2. The molecule has 1 aliphatic rings. The van der Waals surface area contributed by atoms with Crippen LogP contribution in [0.5, 0.6) is 0 Å². The quantitative estimate of drug-likeness (QED) is 0.701. The molecule has 1 rings (SSSR count). The zero-order chi connectivity index (χ0) is 9.03. The molecule has 72 valence electrons. The predicted molar refractivity (Wildman–Crippen MR) is 45.8 cm³/mol. The SMILES string of the molecule is CCCOC1(C)CCOC(O)C1. The van der Waals surface area contributed by atoms with Gasteiger partial charge in [-0.05, 0) is 19.8 Å². The molecule has 0 spiro atoms. The molecule has 1 saturated heterocycles. The van der Waals surface area contributed by atoms with Crippen LogP contribution in [-0.2, 0) is 9.47 Å². The molecule has 0 aliphatic carbocycles. The summed E-state index contributed by atoms with van der Waals surface area (Å²) in [5, 5.41) is 9.24. The van der Waals surface area contributed by atoms with Crippen LogP contribution in [0.3, 0.4) is 0 Å². The Kier molecular flexibility index (Phi) is 3.50. The molecule has 1 aliphatic heterocycles. The molecule has 0 aromatic carbocycles. The van der Waals surface area contributed by atoms with Crippen LogP contribution in [0.15, 0.2) is 0 Å². The minimum atomic E-state index is -0.638. The molecule has 2 unspecified atom stereocenters. The molecule has 3 heteroatoms. The summed E-state index contributed by atoms with van der Waals surface area (Å²) >= 11 is 0. The van der Waals surface area contributed by atoms with E-state index in [4.69, 9.17) is 9.47 Å². The number of hydrogen-bond donors (Lipinski definition) is 1. The Labute approximate surface area is 73.7 Å². The second-order valence-corrected chi connectivity index (χ2v) is 3.58. The molecule has 0 amide bonds. The van der Waals surface area contributed by atoms with Crippen molar-refractivity contribution in [2.75, 3.05) is 13.2 Å². The lowest BCUT2D eigenvalue weighted by Crippen LogP contribution is -2.40. The summed E-state index contributed by atoms with van der Waals surface area (Å²) in [6.45, 7) is 5.48. The molecule has 2 atom stereocenters. The van der Waals surface area contributed by atoms with Gasteiger partial charge in [0.15, 0.2) is 6.29 Å². The maximum absolute atomic E-state index is 9.24. The molecule has 0 aromatic rings. The van der Waals surface area contributed by atoms with Gasteiger partial charge >= 0.3 is 0 Å². The Bertz CT molecular complexity index is 138. The highest BCUT2D eigenvalue weighted by molar-refractivity contribution is 4.79. The molecule has 0 saturated carbocycles. The fourth-order valence-electron chi connectivity index (χ4n) is 1.42. The molecule has 0 bridgehead atoms. The lowest BCUT2D eigenvalue weighted by Gasteiger charge is -2.35. The van der Waals surface area contributed by atoms with Gasteiger partial charge < -0.3 is 14.6 Å². The smallest absolute Gasteiger partial charge is 0.157 e. The van der Waals surface area contributed by atoms with Gasteiger partial charge in [0.1, 0.15) is 0 Å². The van der Waals surface area contributed by atoms with Gasteiger partial charge in [0.2, 0.25) is 0 Å². The van der Waals surface area contributed by atoms with E-state index in [0.717, 1.165) is 19.4 Å². The predicted octanol–water partition coefficient (Wildman–Crippen LogP) is 1.30. The van der Waals surface area contributed by atoms with Crippen molar-refractivity contribution in [3.63, 3.8) is 0 Å². The van der Waals surface area contributed by atoms with Gasteiger partial charge in [-0.25, -0.2) is 0 Å². The third-order valence-electron chi connectivity index (χ3n) is 2.20. The second kappa shape index (κ2) is 4.21. The van der Waals surface area contributed by atoms with Crippen LogP contribution in [0.25, 0.3) is 0 Å². The van der Waals surface area contributed by atoms with Crippen LogP contribution in [-0.4, -0.2) is 30.2 Å². The molecule has 0 aromatic heterocycles. The molecule has 1 fully saturated rings. The number of hydrogen-bond acceptors (Lipinski definition) is 3. The summed E-state index contributed by atoms with van der Waals surface area (Å²) in [7, 11) is 0. The third kappa shape index (κ3) is 2.73. The summed E-state index contributed by atoms with van der Waals surface area (Å²) in [5.74, 6) is 0. The fourth-order valence-corrected chi connectivity index (χ4v) is 1.42. The van der Waals surface area contributed by atoms with E-state index in [0.29, 0.717) is 13.0 Å². The highest BCUT2D eigenvalue weighted by atomic mass is 16.6. The molecular weight excluding hydrogens is 156 g/mol. The van der Waals surface area contributed by atoms with E-state index in [1.54, 1.807) is 0 Å². The summed E-state index contributed by atoms with van der Waals surface area (Å²) in [4.78, 5) is 0. The van der Waals surface area contributed by atoms with E-state index < -0.39 is 6.29 Å². The van der Waals surface area contributed by atoms with E-state index in [2.05, 4.69) is 6.92 Å². The first kappa shape index (κ1) is 9.96. The van der Waals surface area contributed by atoms with E-state index in [1.165, 1.54) is 0 Å². The van der Waals surface area contributed by atoms with Crippen LogP contribution >= 0.6 is 0 Å². The fraction of sp³-hybridized carbons (Fsp3) is 1.00. The zero-order valence-corrected chi connectivity index (χ0v) is 7.88. The maximum Gasteiger partial charge on any atom is 0.157 e. The molecular formula is C9H18O3. The average Bonchev–Trinajstić information content (AvgIpc) is 2.01. The summed E-state index contributed by atoms with van der Waals surface area (Å²) < 4.78 is 10.7. The topological polar surface area (TPSA) is 38.7 Å². The molecule has 0 radical (unpaired) electrons. The highest BCUT2D eigenvalue weighted by Gasteiger charge is 2.32. The van der Waals surface area contributed by atoms with Crippen LogP contribution < -0.4 is 0 Å². The summed E-state index contributed by atoms with van der Waals surface area (Å²) in [5.41, 5.74) is -0.173. The van der Waals surface area contributed by atoms with Crippen LogP contribution in [0.1, 0.15) is 33.1 Å². The number of aliphatic hydroxyl groups is 1. The van der Waals surface area contributed by atoms with E-state index in [-0.39, 0.29) is 5.60 Å². The van der Waals surface area contributed by atoms with Crippen molar-refractivity contribution in [3.05, 3.63) is 0 Å². The van der Waals surface area contributed by atoms with Crippen molar-refractivity contribution in [3.8, 4) is 0 Å². The van der Waals surface area contributed by atoms with Gasteiger partial charge in [0.05, 0.1) is 12.2 Å². The maximum atomic E-state index is 9.24. The van der Waals surface area contributed by atoms with E-state index >= 15 is 0 Å². The van der Waals surface area contributed by atoms with Gasteiger partial charge in [-0.2, -0.15) is 0 Å². The molecule has 1 N–H and O–H groups in total. The normalized spacial score (nSPS) is 36.8.